The summed E-state index contributed by atoms with van der Waals surface area (Å²) in [6, 6.07) is 1.95. The molecule has 2 rings (SSSR count). The molecule has 3 nitrogen and oxygen atoms in total. The number of halogens is 1. The summed E-state index contributed by atoms with van der Waals surface area (Å²) in [5.74, 6) is 0.164. The van der Waals surface area contributed by atoms with Crippen molar-refractivity contribution in [2.75, 3.05) is 13.1 Å². The van der Waals surface area contributed by atoms with Crippen LogP contribution in [-0.4, -0.2) is 28.5 Å². The van der Waals surface area contributed by atoms with Crippen molar-refractivity contribution < 1.29 is 4.79 Å². The Morgan fingerprint density at radius 1 is 1.54 bits per heavy atom. The van der Waals surface area contributed by atoms with E-state index >= 15 is 0 Å². The molecule has 1 aromatic heterocycles. The minimum Gasteiger partial charge on any atom is -0.341 e. The molecule has 1 aliphatic heterocycles. The summed E-state index contributed by atoms with van der Waals surface area (Å²) in [4.78, 5) is 13.6. The predicted octanol–water partition coefficient (Wildman–Crippen LogP) is 1.57. The van der Waals surface area contributed by atoms with E-state index in [2.05, 4.69) is 22.6 Å². The van der Waals surface area contributed by atoms with E-state index in [9.17, 15) is 4.79 Å². The second-order valence-corrected chi connectivity index (χ2v) is 4.37. The summed E-state index contributed by atoms with van der Waals surface area (Å²) in [7, 11) is 0. The second-order valence-electron chi connectivity index (χ2n) is 3.12. The molecule has 0 saturated carbocycles. The van der Waals surface area contributed by atoms with Gasteiger partial charge in [-0.25, -0.2) is 0 Å². The van der Waals surface area contributed by atoms with Crippen LogP contribution in [0.15, 0.2) is 12.3 Å². The highest BCUT2D eigenvalue weighted by molar-refractivity contribution is 14.1. The molecular weight excluding hydrogens is 279 g/mol. The highest BCUT2D eigenvalue weighted by Gasteiger charge is 2.23. The zero-order valence-corrected chi connectivity index (χ0v) is 9.61. The van der Waals surface area contributed by atoms with E-state index in [0.29, 0.717) is 0 Å². The molecule has 4 heteroatoms. The Labute approximate surface area is 90.9 Å². The lowest BCUT2D eigenvalue weighted by molar-refractivity contribution is 0.0715. The smallest absolute Gasteiger partial charge is 0.270 e. The van der Waals surface area contributed by atoms with E-state index in [1.165, 1.54) is 0 Å². The molecular formula is C9H11IN2O. The zero-order valence-electron chi connectivity index (χ0n) is 7.46. The molecule has 0 saturated heterocycles. The number of nitrogens with zero attached hydrogens (tertiary/aromatic N) is 2. The number of fused-ring (bicyclic) bond motifs is 1. The first-order valence-electron chi connectivity index (χ1n) is 4.37. The van der Waals surface area contributed by atoms with Crippen LogP contribution in [0.2, 0.25) is 0 Å². The Kier molecular flexibility index (Phi) is 2.31. The minimum absolute atomic E-state index is 0.164. The van der Waals surface area contributed by atoms with Gasteiger partial charge in [-0.2, -0.15) is 0 Å². The Morgan fingerprint density at radius 3 is 3.00 bits per heavy atom. The molecule has 2 heterocycles. The van der Waals surface area contributed by atoms with Crippen molar-refractivity contribution in [2.24, 2.45) is 0 Å². The Balaban J connectivity index is 2.38. The van der Waals surface area contributed by atoms with Gasteiger partial charge in [-0.1, -0.05) is 0 Å². The quantitative estimate of drug-likeness (QED) is 0.721. The van der Waals surface area contributed by atoms with Crippen LogP contribution in [0.4, 0.5) is 0 Å². The monoisotopic (exact) mass is 290 g/mol. The van der Waals surface area contributed by atoms with Gasteiger partial charge in [0.1, 0.15) is 5.69 Å². The van der Waals surface area contributed by atoms with Crippen LogP contribution < -0.4 is 0 Å². The number of amides is 1. The third kappa shape index (κ3) is 1.47. The average Bonchev–Trinajstić information content (AvgIpc) is 2.47. The van der Waals surface area contributed by atoms with Gasteiger partial charge in [0.05, 0.1) is 0 Å². The Hall–Kier alpha value is -0.520. The van der Waals surface area contributed by atoms with Gasteiger partial charge < -0.3 is 9.47 Å². The van der Waals surface area contributed by atoms with Gasteiger partial charge in [0.2, 0.25) is 0 Å². The molecule has 0 fully saturated rings. The lowest BCUT2D eigenvalue weighted by atomic mass is 10.3. The fraction of sp³-hybridized carbons (Fsp3) is 0.444. The minimum atomic E-state index is 0.164. The first kappa shape index (κ1) is 9.05. The summed E-state index contributed by atoms with van der Waals surface area (Å²) in [5, 5.41) is 0. The third-order valence-electron chi connectivity index (χ3n) is 2.36. The largest absolute Gasteiger partial charge is 0.341 e. The van der Waals surface area contributed by atoms with Crippen LogP contribution in [0.5, 0.6) is 0 Å². The molecule has 1 aromatic rings. The van der Waals surface area contributed by atoms with E-state index in [0.717, 1.165) is 28.9 Å². The molecule has 70 valence electrons. The van der Waals surface area contributed by atoms with Crippen LogP contribution in [0, 0.1) is 3.57 Å². The van der Waals surface area contributed by atoms with Crippen molar-refractivity contribution in [3.63, 3.8) is 0 Å². The van der Waals surface area contributed by atoms with Crippen molar-refractivity contribution in [3.8, 4) is 0 Å². The summed E-state index contributed by atoms with van der Waals surface area (Å²) in [6.45, 7) is 4.59. The first-order chi connectivity index (χ1) is 6.22. The van der Waals surface area contributed by atoms with E-state index < -0.39 is 0 Å². The van der Waals surface area contributed by atoms with Gasteiger partial charge in [0, 0.05) is 29.4 Å². The maximum absolute atomic E-state index is 11.8. The standard InChI is InChI=1S/C9H11IN2O/c1-2-11-3-4-12-6-7(10)5-8(12)9(11)13/h5-6H,2-4H2,1H3. The van der Waals surface area contributed by atoms with Gasteiger partial charge >= 0.3 is 0 Å². The highest BCUT2D eigenvalue weighted by Crippen LogP contribution is 2.17. The SMILES string of the molecule is CCN1CCn2cc(I)cc2C1=O. The molecule has 0 aliphatic carbocycles. The third-order valence-corrected chi connectivity index (χ3v) is 2.95. The van der Waals surface area contributed by atoms with E-state index in [1.54, 1.807) is 0 Å². The topological polar surface area (TPSA) is 25.2 Å². The molecule has 1 amide bonds. The molecule has 0 aromatic carbocycles. The Bertz CT molecular complexity index is 345. The molecule has 0 unspecified atom stereocenters. The molecule has 0 spiro atoms. The van der Waals surface area contributed by atoms with Gasteiger partial charge in [0.15, 0.2) is 0 Å². The fourth-order valence-electron chi connectivity index (χ4n) is 1.63. The number of carbonyl (C=O) groups excluding carboxylic acids is 1. The summed E-state index contributed by atoms with van der Waals surface area (Å²) in [5.41, 5.74) is 0.831. The van der Waals surface area contributed by atoms with Gasteiger partial charge in [-0.15, -0.1) is 0 Å². The lowest BCUT2D eigenvalue weighted by Gasteiger charge is -2.26. The highest BCUT2D eigenvalue weighted by atomic mass is 127. The van der Waals surface area contributed by atoms with Crippen molar-refractivity contribution in [3.05, 3.63) is 21.5 Å². The van der Waals surface area contributed by atoms with E-state index in [1.807, 2.05) is 28.7 Å². The summed E-state index contributed by atoms with van der Waals surface area (Å²) >= 11 is 2.24. The van der Waals surface area contributed by atoms with Crippen LogP contribution in [-0.2, 0) is 6.54 Å². The van der Waals surface area contributed by atoms with Crippen LogP contribution >= 0.6 is 22.6 Å². The normalized spacial score (nSPS) is 16.2. The maximum Gasteiger partial charge on any atom is 0.270 e. The second kappa shape index (κ2) is 3.32. The van der Waals surface area contributed by atoms with Crippen molar-refractivity contribution in [2.45, 2.75) is 13.5 Å². The molecule has 0 bridgehead atoms. The number of carbonyl (C=O) groups is 1. The van der Waals surface area contributed by atoms with Gasteiger partial charge in [-0.3, -0.25) is 4.79 Å². The van der Waals surface area contributed by atoms with Crippen molar-refractivity contribution in [1.29, 1.82) is 0 Å². The van der Waals surface area contributed by atoms with Crippen molar-refractivity contribution in [1.82, 2.24) is 9.47 Å². The Morgan fingerprint density at radius 2 is 2.31 bits per heavy atom. The first-order valence-corrected chi connectivity index (χ1v) is 5.45. The van der Waals surface area contributed by atoms with Crippen molar-refractivity contribution >= 4 is 28.5 Å². The van der Waals surface area contributed by atoms with Gasteiger partial charge in [0.25, 0.3) is 5.91 Å². The number of hydrogen-bond acceptors (Lipinski definition) is 1. The van der Waals surface area contributed by atoms with Crippen LogP contribution in [0.25, 0.3) is 0 Å². The molecule has 0 atom stereocenters. The zero-order chi connectivity index (χ0) is 9.42. The molecule has 1 aliphatic rings. The predicted molar refractivity (Wildman–Crippen MR) is 58.7 cm³/mol. The number of likely N-dealkylation sites (N-methyl/N-ethyl adjacent to an activating group) is 1. The molecule has 0 N–H and O–H groups in total. The number of rotatable bonds is 1. The van der Waals surface area contributed by atoms with Crippen LogP contribution in [0.1, 0.15) is 17.4 Å². The van der Waals surface area contributed by atoms with E-state index in [-0.39, 0.29) is 5.91 Å². The fourth-order valence-corrected chi connectivity index (χ4v) is 2.26. The number of hydrogen-bond donors (Lipinski definition) is 0. The van der Waals surface area contributed by atoms with Crippen LogP contribution in [0.3, 0.4) is 0 Å². The van der Waals surface area contributed by atoms with Gasteiger partial charge in [-0.05, 0) is 35.6 Å². The summed E-state index contributed by atoms with van der Waals surface area (Å²) < 4.78 is 3.18. The number of aromatic nitrogens is 1. The summed E-state index contributed by atoms with van der Waals surface area (Å²) in [6.07, 6.45) is 2.03. The molecule has 13 heavy (non-hydrogen) atoms. The molecule has 0 radical (unpaired) electrons. The lowest BCUT2D eigenvalue weighted by Crippen LogP contribution is -2.39. The van der Waals surface area contributed by atoms with E-state index in [4.69, 9.17) is 0 Å². The average molecular weight is 290 g/mol. The maximum atomic E-state index is 11.8.